The summed E-state index contributed by atoms with van der Waals surface area (Å²) in [5, 5.41) is 3.37. The normalized spacial score (nSPS) is 32.9. The lowest BCUT2D eigenvalue weighted by Crippen LogP contribution is -2.52. The first-order valence-electron chi connectivity index (χ1n) is 6.60. The van der Waals surface area contributed by atoms with Crippen LogP contribution in [0.3, 0.4) is 0 Å². The van der Waals surface area contributed by atoms with Crippen molar-refractivity contribution in [2.24, 2.45) is 5.41 Å². The molecule has 0 bridgehead atoms. The fraction of sp³-hybridized carbons (Fsp3) is 0.923. The van der Waals surface area contributed by atoms with Crippen LogP contribution in [0.25, 0.3) is 0 Å². The molecule has 2 aliphatic rings. The molecule has 1 amide bonds. The van der Waals surface area contributed by atoms with E-state index in [1.165, 1.54) is 6.42 Å². The maximum Gasteiger partial charge on any atom is 0.239 e. The number of amides is 1. The van der Waals surface area contributed by atoms with Gasteiger partial charge in [-0.1, -0.05) is 20.8 Å². The summed E-state index contributed by atoms with van der Waals surface area (Å²) in [5.74, 6) is 0.343. The van der Waals surface area contributed by atoms with Gasteiger partial charge in [0.25, 0.3) is 0 Å². The summed E-state index contributed by atoms with van der Waals surface area (Å²) in [7, 11) is 0. The van der Waals surface area contributed by atoms with Crippen molar-refractivity contribution in [2.75, 3.05) is 13.1 Å². The lowest BCUT2D eigenvalue weighted by Gasteiger charge is -2.34. The van der Waals surface area contributed by atoms with Crippen molar-refractivity contribution >= 4 is 5.91 Å². The summed E-state index contributed by atoms with van der Waals surface area (Å²) < 4.78 is 0. The van der Waals surface area contributed by atoms with Crippen molar-refractivity contribution in [3.8, 4) is 0 Å². The van der Waals surface area contributed by atoms with Crippen LogP contribution < -0.4 is 5.32 Å². The van der Waals surface area contributed by atoms with E-state index >= 15 is 0 Å². The molecule has 0 radical (unpaired) electrons. The van der Waals surface area contributed by atoms with Gasteiger partial charge in [0.15, 0.2) is 0 Å². The van der Waals surface area contributed by atoms with E-state index in [9.17, 15) is 4.79 Å². The second kappa shape index (κ2) is 4.36. The van der Waals surface area contributed by atoms with Crippen LogP contribution in [0, 0.1) is 5.41 Å². The number of carbonyl (C=O) groups excluding carboxylic acids is 1. The zero-order chi connectivity index (χ0) is 11.8. The third-order valence-corrected chi connectivity index (χ3v) is 3.95. The van der Waals surface area contributed by atoms with E-state index in [0.717, 1.165) is 32.4 Å². The second-order valence-corrected chi connectivity index (χ2v) is 5.89. The molecule has 1 heterocycles. The SMILES string of the molecule is CCCNC1CCCN(C2CC2(C)C)C1=O. The predicted octanol–water partition coefficient (Wildman–Crippen LogP) is 1.78. The van der Waals surface area contributed by atoms with E-state index in [1.54, 1.807) is 0 Å². The van der Waals surface area contributed by atoms with Crippen LogP contribution in [-0.2, 0) is 4.79 Å². The van der Waals surface area contributed by atoms with Gasteiger partial charge in [-0.05, 0) is 37.6 Å². The Kier molecular flexibility index (Phi) is 3.24. The molecular formula is C13H24N2O. The number of hydrogen-bond donors (Lipinski definition) is 1. The van der Waals surface area contributed by atoms with Crippen molar-refractivity contribution in [3.63, 3.8) is 0 Å². The van der Waals surface area contributed by atoms with E-state index in [2.05, 4.69) is 31.0 Å². The zero-order valence-corrected chi connectivity index (χ0v) is 10.8. The maximum atomic E-state index is 12.3. The average molecular weight is 224 g/mol. The van der Waals surface area contributed by atoms with Gasteiger partial charge < -0.3 is 10.2 Å². The van der Waals surface area contributed by atoms with Crippen LogP contribution in [0.4, 0.5) is 0 Å². The van der Waals surface area contributed by atoms with Gasteiger partial charge in [-0.25, -0.2) is 0 Å². The smallest absolute Gasteiger partial charge is 0.239 e. The third-order valence-electron chi connectivity index (χ3n) is 3.95. The molecule has 1 aliphatic heterocycles. The second-order valence-electron chi connectivity index (χ2n) is 5.89. The maximum absolute atomic E-state index is 12.3. The fourth-order valence-electron chi connectivity index (χ4n) is 2.69. The number of rotatable bonds is 4. The molecule has 1 aliphatic carbocycles. The first-order valence-corrected chi connectivity index (χ1v) is 6.60. The van der Waals surface area contributed by atoms with Crippen LogP contribution in [0.15, 0.2) is 0 Å². The Morgan fingerprint density at radius 3 is 2.75 bits per heavy atom. The Labute approximate surface area is 98.6 Å². The van der Waals surface area contributed by atoms with E-state index < -0.39 is 0 Å². The van der Waals surface area contributed by atoms with Crippen molar-refractivity contribution in [3.05, 3.63) is 0 Å². The number of nitrogens with one attached hydrogen (secondary N) is 1. The minimum atomic E-state index is 0.0881. The molecule has 1 N–H and O–H groups in total. The third kappa shape index (κ3) is 2.24. The Balaban J connectivity index is 1.92. The van der Waals surface area contributed by atoms with Gasteiger partial charge >= 0.3 is 0 Å². The molecule has 2 atom stereocenters. The summed E-state index contributed by atoms with van der Waals surface area (Å²) in [4.78, 5) is 14.4. The predicted molar refractivity (Wildman–Crippen MR) is 65.2 cm³/mol. The molecule has 2 fully saturated rings. The van der Waals surface area contributed by atoms with Crippen LogP contribution in [-0.4, -0.2) is 36.0 Å². The Hall–Kier alpha value is -0.570. The van der Waals surface area contributed by atoms with E-state index in [-0.39, 0.29) is 6.04 Å². The molecule has 0 aromatic carbocycles. The summed E-state index contributed by atoms with van der Waals surface area (Å²) in [6.45, 7) is 8.58. The van der Waals surface area contributed by atoms with E-state index in [1.807, 2.05) is 0 Å². The highest BCUT2D eigenvalue weighted by molar-refractivity contribution is 5.83. The minimum absolute atomic E-state index is 0.0881. The van der Waals surface area contributed by atoms with Gasteiger partial charge in [-0.15, -0.1) is 0 Å². The molecule has 0 aromatic rings. The van der Waals surface area contributed by atoms with Crippen LogP contribution >= 0.6 is 0 Å². The highest BCUT2D eigenvalue weighted by Crippen LogP contribution is 2.49. The number of nitrogens with zero attached hydrogens (tertiary/aromatic N) is 1. The molecule has 16 heavy (non-hydrogen) atoms. The standard InChI is InChI=1S/C13H24N2O/c1-4-7-14-10-6-5-8-15(12(10)16)11-9-13(11,2)3/h10-11,14H,4-9H2,1-3H3. The quantitative estimate of drug-likeness (QED) is 0.789. The van der Waals surface area contributed by atoms with Crippen molar-refractivity contribution in [1.82, 2.24) is 10.2 Å². The van der Waals surface area contributed by atoms with E-state index in [0.29, 0.717) is 17.4 Å². The van der Waals surface area contributed by atoms with Gasteiger partial charge in [0.05, 0.1) is 6.04 Å². The lowest BCUT2D eigenvalue weighted by molar-refractivity contribution is -0.137. The van der Waals surface area contributed by atoms with Crippen LogP contribution in [0.2, 0.25) is 0 Å². The van der Waals surface area contributed by atoms with Gasteiger partial charge in [-0.3, -0.25) is 4.79 Å². The van der Waals surface area contributed by atoms with Gasteiger partial charge in [-0.2, -0.15) is 0 Å². The molecule has 2 rings (SSSR count). The van der Waals surface area contributed by atoms with Gasteiger partial charge in [0, 0.05) is 12.6 Å². The van der Waals surface area contributed by atoms with Crippen molar-refractivity contribution in [1.29, 1.82) is 0 Å². The number of piperidine rings is 1. The summed E-state index contributed by atoms with van der Waals surface area (Å²) >= 11 is 0. The molecule has 2 unspecified atom stereocenters. The highest BCUT2D eigenvalue weighted by Gasteiger charge is 2.52. The number of likely N-dealkylation sites (tertiary alicyclic amines) is 1. The molecule has 92 valence electrons. The van der Waals surface area contributed by atoms with Gasteiger partial charge in [0.2, 0.25) is 5.91 Å². The Morgan fingerprint density at radius 2 is 2.19 bits per heavy atom. The molecule has 0 aromatic heterocycles. The minimum Gasteiger partial charge on any atom is -0.338 e. The summed E-state index contributed by atoms with van der Waals surface area (Å²) in [6.07, 6.45) is 4.44. The van der Waals surface area contributed by atoms with Crippen LogP contribution in [0.1, 0.15) is 46.5 Å². The number of carbonyl (C=O) groups is 1. The van der Waals surface area contributed by atoms with Crippen molar-refractivity contribution < 1.29 is 4.79 Å². The molecule has 1 saturated heterocycles. The largest absolute Gasteiger partial charge is 0.338 e. The molecule has 0 spiro atoms. The molecule has 3 heteroatoms. The summed E-state index contributed by atoms with van der Waals surface area (Å²) in [6, 6.07) is 0.594. The Morgan fingerprint density at radius 1 is 1.50 bits per heavy atom. The highest BCUT2D eigenvalue weighted by atomic mass is 16.2. The first-order chi connectivity index (χ1) is 7.56. The van der Waals surface area contributed by atoms with E-state index in [4.69, 9.17) is 0 Å². The zero-order valence-electron chi connectivity index (χ0n) is 10.8. The van der Waals surface area contributed by atoms with Crippen molar-refractivity contribution in [2.45, 2.75) is 58.5 Å². The monoisotopic (exact) mass is 224 g/mol. The topological polar surface area (TPSA) is 32.3 Å². The summed E-state index contributed by atoms with van der Waals surface area (Å²) in [5.41, 5.74) is 0.363. The average Bonchev–Trinajstić information content (AvgIpc) is 2.86. The lowest BCUT2D eigenvalue weighted by atomic mass is 10.0. The first kappa shape index (κ1) is 11.9. The fourth-order valence-corrected chi connectivity index (χ4v) is 2.69. The number of hydrogen-bond acceptors (Lipinski definition) is 2. The molecule has 1 saturated carbocycles. The molecular weight excluding hydrogens is 200 g/mol. The Bertz CT molecular complexity index is 275. The van der Waals surface area contributed by atoms with Gasteiger partial charge in [0.1, 0.15) is 0 Å². The molecule has 3 nitrogen and oxygen atoms in total. The van der Waals surface area contributed by atoms with Crippen LogP contribution in [0.5, 0.6) is 0 Å².